The summed E-state index contributed by atoms with van der Waals surface area (Å²) >= 11 is 0. The molecular formula is C51H35N3O. The number of fused-ring (bicyclic) bond motifs is 8. The highest BCUT2D eigenvalue weighted by Gasteiger charge is 2.35. The second-order valence-corrected chi connectivity index (χ2v) is 15.0. The Balaban J connectivity index is 1.05. The van der Waals surface area contributed by atoms with Crippen molar-refractivity contribution in [3.8, 4) is 33.8 Å². The van der Waals surface area contributed by atoms with Gasteiger partial charge in [0.25, 0.3) is 0 Å². The molecule has 0 aliphatic heterocycles. The lowest BCUT2D eigenvalue weighted by Crippen LogP contribution is -2.16. The Kier molecular flexibility index (Phi) is 6.86. The van der Waals surface area contributed by atoms with Crippen molar-refractivity contribution in [2.24, 2.45) is 0 Å². The fraction of sp³-hybridized carbons (Fsp3) is 0.0588. The third-order valence-corrected chi connectivity index (χ3v) is 11.4. The van der Waals surface area contributed by atoms with Crippen LogP contribution in [-0.2, 0) is 5.41 Å². The Morgan fingerprint density at radius 3 is 2.05 bits per heavy atom. The van der Waals surface area contributed by atoms with Gasteiger partial charge in [0, 0.05) is 49.8 Å². The van der Waals surface area contributed by atoms with Crippen LogP contribution in [0.15, 0.2) is 180 Å². The fourth-order valence-electron chi connectivity index (χ4n) is 8.68. The minimum absolute atomic E-state index is 0.110. The lowest BCUT2D eigenvalue weighted by Gasteiger charge is -2.28. The van der Waals surface area contributed by atoms with Crippen molar-refractivity contribution in [3.05, 3.63) is 187 Å². The van der Waals surface area contributed by atoms with Crippen molar-refractivity contribution in [1.82, 2.24) is 9.97 Å². The minimum atomic E-state index is -0.110. The summed E-state index contributed by atoms with van der Waals surface area (Å²) in [6, 6.07) is 62.4. The van der Waals surface area contributed by atoms with Crippen LogP contribution in [0.3, 0.4) is 0 Å². The number of rotatable bonds is 5. The zero-order valence-electron chi connectivity index (χ0n) is 30.5. The summed E-state index contributed by atoms with van der Waals surface area (Å²) in [5, 5.41) is 5.54. The van der Waals surface area contributed by atoms with Gasteiger partial charge in [-0.15, -0.1) is 0 Å². The molecule has 0 unspecified atom stereocenters. The molecule has 2 heterocycles. The zero-order chi connectivity index (χ0) is 36.7. The smallest absolute Gasteiger partial charge is 0.160 e. The van der Waals surface area contributed by atoms with E-state index in [2.05, 4.69) is 189 Å². The van der Waals surface area contributed by atoms with E-state index in [0.29, 0.717) is 5.82 Å². The average molecular weight is 706 g/mol. The Hall–Kier alpha value is -7.04. The van der Waals surface area contributed by atoms with Gasteiger partial charge in [-0.2, -0.15) is 0 Å². The Morgan fingerprint density at radius 1 is 0.455 bits per heavy atom. The van der Waals surface area contributed by atoms with E-state index in [1.807, 2.05) is 6.07 Å². The first-order valence-electron chi connectivity index (χ1n) is 18.8. The Labute approximate surface area is 319 Å². The van der Waals surface area contributed by atoms with Crippen molar-refractivity contribution in [2.75, 3.05) is 4.90 Å². The Morgan fingerprint density at radius 2 is 1.16 bits per heavy atom. The van der Waals surface area contributed by atoms with Crippen LogP contribution >= 0.6 is 0 Å². The predicted octanol–water partition coefficient (Wildman–Crippen LogP) is 13.8. The number of nitrogens with zero attached hydrogens (tertiary/aromatic N) is 3. The summed E-state index contributed by atoms with van der Waals surface area (Å²) in [6.45, 7) is 4.66. The molecule has 0 saturated carbocycles. The van der Waals surface area contributed by atoms with Gasteiger partial charge in [-0.05, 0) is 106 Å². The van der Waals surface area contributed by atoms with Crippen LogP contribution in [0.25, 0.3) is 77.4 Å². The molecule has 0 N–H and O–H groups in total. The lowest BCUT2D eigenvalue weighted by molar-refractivity contribution is 0.660. The normalized spacial score (nSPS) is 13.1. The molecule has 0 amide bonds. The molecule has 0 spiro atoms. The molecule has 4 heteroatoms. The molecule has 55 heavy (non-hydrogen) atoms. The number of aromatic nitrogens is 2. The van der Waals surface area contributed by atoms with Crippen molar-refractivity contribution >= 4 is 60.7 Å². The molecule has 11 rings (SSSR count). The van der Waals surface area contributed by atoms with E-state index in [0.717, 1.165) is 66.7 Å². The first-order valence-corrected chi connectivity index (χ1v) is 18.8. The second-order valence-electron chi connectivity index (χ2n) is 15.0. The monoisotopic (exact) mass is 705 g/mol. The fourth-order valence-corrected chi connectivity index (χ4v) is 8.68. The van der Waals surface area contributed by atoms with Crippen LogP contribution < -0.4 is 4.90 Å². The summed E-state index contributed by atoms with van der Waals surface area (Å²) < 4.78 is 6.36. The van der Waals surface area contributed by atoms with Gasteiger partial charge in [0.2, 0.25) is 0 Å². The molecule has 0 radical (unpaired) electrons. The number of benzene rings is 8. The van der Waals surface area contributed by atoms with Gasteiger partial charge in [-0.1, -0.05) is 117 Å². The highest BCUT2D eigenvalue weighted by Crippen LogP contribution is 2.50. The van der Waals surface area contributed by atoms with Crippen LogP contribution in [-0.4, -0.2) is 9.97 Å². The van der Waals surface area contributed by atoms with Gasteiger partial charge in [0.15, 0.2) is 5.82 Å². The molecule has 0 atom stereocenters. The van der Waals surface area contributed by atoms with Crippen LogP contribution in [0.4, 0.5) is 17.1 Å². The van der Waals surface area contributed by atoms with Gasteiger partial charge >= 0.3 is 0 Å². The van der Waals surface area contributed by atoms with Gasteiger partial charge in [-0.3, -0.25) is 0 Å². The Bertz CT molecular complexity index is 3140. The number of hydrogen-bond donors (Lipinski definition) is 0. The first-order chi connectivity index (χ1) is 27.0. The highest BCUT2D eigenvalue weighted by atomic mass is 16.3. The minimum Gasteiger partial charge on any atom is -0.456 e. The topological polar surface area (TPSA) is 42.2 Å². The van der Waals surface area contributed by atoms with Gasteiger partial charge in [0.05, 0.1) is 11.2 Å². The van der Waals surface area contributed by atoms with Crippen molar-refractivity contribution < 1.29 is 4.42 Å². The second kappa shape index (κ2) is 12.0. The quantitative estimate of drug-likeness (QED) is 0.179. The molecule has 0 bridgehead atoms. The molecule has 1 aliphatic carbocycles. The molecule has 8 aromatic carbocycles. The van der Waals surface area contributed by atoms with Crippen molar-refractivity contribution in [2.45, 2.75) is 19.3 Å². The summed E-state index contributed by atoms with van der Waals surface area (Å²) in [7, 11) is 0. The maximum absolute atomic E-state index is 6.36. The molecular weight excluding hydrogens is 671 g/mol. The molecule has 1 aliphatic rings. The van der Waals surface area contributed by atoms with E-state index in [4.69, 9.17) is 14.4 Å². The van der Waals surface area contributed by atoms with Crippen LogP contribution in [0.1, 0.15) is 25.0 Å². The van der Waals surface area contributed by atoms with Gasteiger partial charge < -0.3 is 9.32 Å². The van der Waals surface area contributed by atoms with E-state index in [1.165, 1.54) is 33.0 Å². The van der Waals surface area contributed by atoms with Gasteiger partial charge in [-0.25, -0.2) is 9.97 Å². The van der Waals surface area contributed by atoms with Crippen molar-refractivity contribution in [3.63, 3.8) is 0 Å². The standard InChI is InChI=1S/C51H35N3O/c1-51(2)44-21-10-8-19-39(44)40-25-24-38(31-45(40)51)54(36-16-4-3-5-17-36)37-18-12-15-35(27-37)50-52-46-22-11-9-20-41(46)49(53-50)34-23-26-47-42(29-34)43-28-32-13-6-7-14-33(32)30-48(43)55-47/h3-31H,1-2H3. The third kappa shape index (κ3) is 4.99. The van der Waals surface area contributed by atoms with Crippen molar-refractivity contribution in [1.29, 1.82) is 0 Å². The largest absolute Gasteiger partial charge is 0.456 e. The number of anilines is 3. The molecule has 4 nitrogen and oxygen atoms in total. The molecule has 0 fully saturated rings. The number of furan rings is 1. The van der Waals surface area contributed by atoms with Crippen LogP contribution in [0, 0.1) is 0 Å². The third-order valence-electron chi connectivity index (χ3n) is 11.4. The van der Waals surface area contributed by atoms with E-state index in [1.54, 1.807) is 0 Å². The van der Waals surface area contributed by atoms with E-state index < -0.39 is 0 Å². The maximum Gasteiger partial charge on any atom is 0.160 e. The molecule has 260 valence electrons. The summed E-state index contributed by atoms with van der Waals surface area (Å²) in [5.74, 6) is 0.678. The number of hydrogen-bond acceptors (Lipinski definition) is 4. The summed E-state index contributed by atoms with van der Waals surface area (Å²) in [5.41, 5.74) is 13.9. The number of para-hydroxylation sites is 2. The first kappa shape index (κ1) is 31.5. The highest BCUT2D eigenvalue weighted by molar-refractivity contribution is 6.11. The summed E-state index contributed by atoms with van der Waals surface area (Å²) in [6.07, 6.45) is 0. The molecule has 2 aromatic heterocycles. The average Bonchev–Trinajstić information content (AvgIpc) is 3.70. The molecule has 10 aromatic rings. The maximum atomic E-state index is 6.36. The van der Waals surface area contributed by atoms with Crippen LogP contribution in [0.5, 0.6) is 0 Å². The van der Waals surface area contributed by atoms with E-state index >= 15 is 0 Å². The van der Waals surface area contributed by atoms with E-state index in [-0.39, 0.29) is 5.41 Å². The lowest BCUT2D eigenvalue weighted by atomic mass is 9.82. The zero-order valence-corrected chi connectivity index (χ0v) is 30.5. The van der Waals surface area contributed by atoms with E-state index in [9.17, 15) is 0 Å². The molecule has 0 saturated heterocycles. The summed E-state index contributed by atoms with van der Waals surface area (Å²) in [4.78, 5) is 12.8. The predicted molar refractivity (Wildman–Crippen MR) is 227 cm³/mol. The van der Waals surface area contributed by atoms with Gasteiger partial charge in [0.1, 0.15) is 11.2 Å². The SMILES string of the molecule is CC1(C)c2ccccc2-c2ccc(N(c3ccccc3)c3cccc(-c4nc(-c5ccc6oc7cc8ccccc8cc7c6c5)c5ccccc5n4)c3)cc21. The van der Waals surface area contributed by atoms with Crippen LogP contribution in [0.2, 0.25) is 0 Å².